The monoisotopic (exact) mass is 240 g/mol. The van der Waals surface area contributed by atoms with Crippen LogP contribution in [0.3, 0.4) is 0 Å². The Balaban J connectivity index is 2.14. The summed E-state index contributed by atoms with van der Waals surface area (Å²) in [6.07, 6.45) is 1.61. The number of hydrogen-bond donors (Lipinski definition) is 1. The molecule has 0 unspecified atom stereocenters. The van der Waals surface area contributed by atoms with E-state index in [0.29, 0.717) is 17.3 Å². The van der Waals surface area contributed by atoms with Crippen molar-refractivity contribution in [1.29, 1.82) is 0 Å². The molecule has 0 bridgehead atoms. The first-order chi connectivity index (χ1) is 7.68. The second kappa shape index (κ2) is 4.49. The second-order valence-corrected chi connectivity index (χ2v) is 3.71. The maximum atomic E-state index is 13.4. The van der Waals surface area contributed by atoms with Gasteiger partial charge in [-0.3, -0.25) is 4.68 Å². The Bertz CT molecular complexity index is 477. The van der Waals surface area contributed by atoms with E-state index in [4.69, 9.17) is 11.6 Å². The lowest BCUT2D eigenvalue weighted by Gasteiger charge is -2.08. The number of anilines is 1. The van der Waals surface area contributed by atoms with Crippen LogP contribution in [0.1, 0.15) is 5.69 Å². The lowest BCUT2D eigenvalue weighted by molar-refractivity contribution is 0.628. The van der Waals surface area contributed by atoms with Gasteiger partial charge in [-0.25, -0.2) is 4.39 Å². The van der Waals surface area contributed by atoms with E-state index in [1.165, 1.54) is 6.07 Å². The van der Waals surface area contributed by atoms with Crippen molar-refractivity contribution in [2.24, 2.45) is 7.05 Å². The quantitative estimate of drug-likeness (QED) is 0.895. The fraction of sp³-hybridized carbons (Fsp3) is 0.200. The van der Waals surface area contributed by atoms with E-state index in [1.807, 2.05) is 0 Å². The standard InChI is InChI=1S/C10H10ClFN4/c1-16-7(6-14-15-16)5-13-10-8(11)3-2-4-9(10)12/h2-4,6,13H,5H2,1H3. The minimum atomic E-state index is -0.373. The number of hydrogen-bond acceptors (Lipinski definition) is 3. The largest absolute Gasteiger partial charge is 0.376 e. The zero-order valence-corrected chi connectivity index (χ0v) is 9.37. The number of rotatable bonds is 3. The number of nitrogens with zero attached hydrogens (tertiary/aromatic N) is 3. The maximum Gasteiger partial charge on any atom is 0.147 e. The highest BCUT2D eigenvalue weighted by Crippen LogP contribution is 2.24. The van der Waals surface area contributed by atoms with Crippen LogP contribution in [-0.2, 0) is 13.6 Å². The maximum absolute atomic E-state index is 13.4. The zero-order chi connectivity index (χ0) is 11.5. The molecular formula is C10H10ClFN4. The van der Waals surface area contributed by atoms with Crippen LogP contribution in [0.15, 0.2) is 24.4 Å². The molecule has 4 nitrogen and oxygen atoms in total. The minimum absolute atomic E-state index is 0.297. The molecule has 0 atom stereocenters. The molecule has 0 fully saturated rings. The highest BCUT2D eigenvalue weighted by Gasteiger charge is 2.07. The highest BCUT2D eigenvalue weighted by molar-refractivity contribution is 6.33. The Kier molecular flexibility index (Phi) is 3.05. The first-order valence-corrected chi connectivity index (χ1v) is 5.07. The molecule has 84 valence electrons. The normalized spacial score (nSPS) is 10.4. The van der Waals surface area contributed by atoms with Gasteiger partial charge in [0.1, 0.15) is 5.82 Å². The van der Waals surface area contributed by atoms with Crippen LogP contribution in [-0.4, -0.2) is 15.0 Å². The predicted molar refractivity (Wildman–Crippen MR) is 59.7 cm³/mol. The van der Waals surface area contributed by atoms with E-state index in [1.54, 1.807) is 30.1 Å². The SMILES string of the molecule is Cn1nncc1CNc1c(F)cccc1Cl. The summed E-state index contributed by atoms with van der Waals surface area (Å²) in [5, 5.41) is 10.8. The molecule has 0 saturated carbocycles. The topological polar surface area (TPSA) is 42.7 Å². The van der Waals surface area contributed by atoms with E-state index in [-0.39, 0.29) is 5.82 Å². The van der Waals surface area contributed by atoms with Crippen LogP contribution in [0, 0.1) is 5.82 Å². The van der Waals surface area contributed by atoms with E-state index >= 15 is 0 Å². The molecule has 0 aliphatic heterocycles. The van der Waals surface area contributed by atoms with Gasteiger partial charge in [-0.15, -0.1) is 5.10 Å². The molecule has 0 spiro atoms. The van der Waals surface area contributed by atoms with Crippen LogP contribution in [0.25, 0.3) is 0 Å². The summed E-state index contributed by atoms with van der Waals surface area (Å²) in [6.45, 7) is 0.421. The molecular weight excluding hydrogens is 231 g/mol. The summed E-state index contributed by atoms with van der Waals surface area (Å²) in [7, 11) is 1.77. The van der Waals surface area contributed by atoms with Crippen molar-refractivity contribution in [2.75, 3.05) is 5.32 Å². The number of benzene rings is 1. The number of para-hydroxylation sites is 1. The molecule has 1 N–H and O–H groups in total. The third-order valence-corrected chi connectivity index (χ3v) is 2.53. The number of aromatic nitrogens is 3. The average molecular weight is 241 g/mol. The molecule has 1 heterocycles. The summed E-state index contributed by atoms with van der Waals surface area (Å²) in [5.74, 6) is -0.373. The summed E-state index contributed by atoms with van der Waals surface area (Å²) in [4.78, 5) is 0. The van der Waals surface area contributed by atoms with Gasteiger partial charge in [0.05, 0.1) is 29.1 Å². The van der Waals surface area contributed by atoms with E-state index in [0.717, 1.165) is 5.69 Å². The van der Waals surface area contributed by atoms with Gasteiger partial charge in [0.15, 0.2) is 0 Å². The van der Waals surface area contributed by atoms with Crippen molar-refractivity contribution in [3.8, 4) is 0 Å². The van der Waals surface area contributed by atoms with Crippen molar-refractivity contribution in [2.45, 2.75) is 6.54 Å². The summed E-state index contributed by atoms with van der Waals surface area (Å²) >= 11 is 5.87. The molecule has 0 saturated heterocycles. The Morgan fingerprint density at radius 1 is 1.50 bits per heavy atom. The second-order valence-electron chi connectivity index (χ2n) is 3.30. The smallest absolute Gasteiger partial charge is 0.147 e. The van der Waals surface area contributed by atoms with E-state index in [9.17, 15) is 4.39 Å². The predicted octanol–water partition coefficient (Wildman–Crippen LogP) is 2.22. The van der Waals surface area contributed by atoms with Gasteiger partial charge in [-0.2, -0.15) is 0 Å². The van der Waals surface area contributed by atoms with Crippen molar-refractivity contribution >= 4 is 17.3 Å². The number of nitrogens with one attached hydrogen (secondary N) is 1. The zero-order valence-electron chi connectivity index (χ0n) is 8.61. The van der Waals surface area contributed by atoms with Gasteiger partial charge in [-0.1, -0.05) is 22.9 Å². The lowest BCUT2D eigenvalue weighted by Crippen LogP contribution is -2.06. The fourth-order valence-corrected chi connectivity index (χ4v) is 1.55. The van der Waals surface area contributed by atoms with Crippen LogP contribution in [0.4, 0.5) is 10.1 Å². The van der Waals surface area contributed by atoms with Crippen LogP contribution < -0.4 is 5.32 Å². The molecule has 0 amide bonds. The van der Waals surface area contributed by atoms with Crippen molar-refractivity contribution in [3.63, 3.8) is 0 Å². The summed E-state index contributed by atoms with van der Waals surface area (Å²) in [5.41, 5.74) is 1.14. The van der Waals surface area contributed by atoms with Gasteiger partial charge in [0, 0.05) is 7.05 Å². The van der Waals surface area contributed by atoms with Gasteiger partial charge in [-0.05, 0) is 12.1 Å². The Labute approximate surface area is 97.0 Å². The molecule has 2 aromatic rings. The first-order valence-electron chi connectivity index (χ1n) is 4.70. The third-order valence-electron chi connectivity index (χ3n) is 2.22. The van der Waals surface area contributed by atoms with Crippen molar-refractivity contribution < 1.29 is 4.39 Å². The van der Waals surface area contributed by atoms with Gasteiger partial charge in [0.2, 0.25) is 0 Å². The Hall–Kier alpha value is -1.62. The molecule has 0 radical (unpaired) electrons. The van der Waals surface area contributed by atoms with Gasteiger partial charge >= 0.3 is 0 Å². The average Bonchev–Trinajstić information content (AvgIpc) is 2.64. The summed E-state index contributed by atoms with van der Waals surface area (Å²) in [6, 6.07) is 4.55. The van der Waals surface area contributed by atoms with Crippen LogP contribution >= 0.6 is 11.6 Å². The van der Waals surface area contributed by atoms with Gasteiger partial charge in [0.25, 0.3) is 0 Å². The molecule has 1 aromatic carbocycles. The first kappa shape index (κ1) is 10.9. The molecule has 2 rings (SSSR count). The summed E-state index contributed by atoms with van der Waals surface area (Å²) < 4.78 is 15.0. The minimum Gasteiger partial charge on any atom is -0.376 e. The number of aryl methyl sites for hydroxylation is 1. The molecule has 0 aliphatic rings. The highest BCUT2D eigenvalue weighted by atomic mass is 35.5. The van der Waals surface area contributed by atoms with Crippen LogP contribution in [0.2, 0.25) is 5.02 Å². The van der Waals surface area contributed by atoms with Crippen LogP contribution in [0.5, 0.6) is 0 Å². The van der Waals surface area contributed by atoms with E-state index in [2.05, 4.69) is 15.6 Å². The van der Waals surface area contributed by atoms with Crippen molar-refractivity contribution in [3.05, 3.63) is 40.9 Å². The fourth-order valence-electron chi connectivity index (χ4n) is 1.32. The lowest BCUT2D eigenvalue weighted by atomic mass is 10.3. The Morgan fingerprint density at radius 2 is 2.31 bits per heavy atom. The van der Waals surface area contributed by atoms with E-state index < -0.39 is 0 Å². The van der Waals surface area contributed by atoms with Gasteiger partial charge < -0.3 is 5.32 Å². The third kappa shape index (κ3) is 2.14. The molecule has 1 aromatic heterocycles. The number of halogens is 2. The molecule has 0 aliphatic carbocycles. The van der Waals surface area contributed by atoms with Crippen molar-refractivity contribution in [1.82, 2.24) is 15.0 Å². The Morgan fingerprint density at radius 3 is 2.94 bits per heavy atom. The molecule has 6 heteroatoms. The molecule has 16 heavy (non-hydrogen) atoms.